The van der Waals surface area contributed by atoms with E-state index in [4.69, 9.17) is 14.2 Å². The van der Waals surface area contributed by atoms with Crippen LogP contribution in [0.3, 0.4) is 0 Å². The van der Waals surface area contributed by atoms with Crippen LogP contribution in [0.4, 0.5) is 5.69 Å². The van der Waals surface area contributed by atoms with Crippen LogP contribution in [0.2, 0.25) is 0 Å². The Morgan fingerprint density at radius 2 is 1.88 bits per heavy atom. The fourth-order valence-corrected chi connectivity index (χ4v) is 4.33. The standard InChI is InChI=1S/C25H27BrN2O4/c1-30-20-8-6-17(7-9-20)18-12-19-15-27-22-14-24(32-11-5-3-4-10-26)23(31-2)13-21(22)25(29)28(19)16-18/h6-9,13-16,19H,3-5,10-12H2,1-2H3. The van der Waals surface area contributed by atoms with Gasteiger partial charge in [0.25, 0.3) is 5.91 Å². The monoisotopic (exact) mass is 498 g/mol. The number of amides is 1. The number of rotatable bonds is 9. The summed E-state index contributed by atoms with van der Waals surface area (Å²) >= 11 is 3.44. The molecule has 0 saturated carbocycles. The summed E-state index contributed by atoms with van der Waals surface area (Å²) in [5.41, 5.74) is 3.29. The third kappa shape index (κ3) is 4.67. The smallest absolute Gasteiger partial charge is 0.260 e. The molecule has 0 bridgehead atoms. The number of carbonyl (C=O) groups is 1. The molecule has 2 aliphatic rings. The largest absolute Gasteiger partial charge is 0.497 e. The number of benzene rings is 2. The fraction of sp³-hybridized carbons (Fsp3) is 0.360. The Morgan fingerprint density at radius 3 is 2.59 bits per heavy atom. The minimum absolute atomic E-state index is 0.0896. The van der Waals surface area contributed by atoms with E-state index in [-0.39, 0.29) is 11.9 Å². The second-order valence-corrected chi connectivity index (χ2v) is 8.56. The number of halogens is 1. The van der Waals surface area contributed by atoms with Gasteiger partial charge in [-0.05, 0) is 48.6 Å². The summed E-state index contributed by atoms with van der Waals surface area (Å²) in [4.78, 5) is 19.8. The molecule has 2 aromatic rings. The predicted molar refractivity (Wildman–Crippen MR) is 130 cm³/mol. The molecule has 1 amide bonds. The normalized spacial score (nSPS) is 16.8. The lowest BCUT2D eigenvalue weighted by molar-refractivity contribution is 0.0817. The van der Waals surface area contributed by atoms with E-state index in [0.717, 1.165) is 41.5 Å². The van der Waals surface area contributed by atoms with E-state index in [2.05, 4.69) is 20.9 Å². The Bertz CT molecular complexity index is 1030. The van der Waals surface area contributed by atoms with Crippen molar-refractivity contribution in [3.63, 3.8) is 0 Å². The van der Waals surface area contributed by atoms with Gasteiger partial charge in [-0.15, -0.1) is 0 Å². The first-order chi connectivity index (χ1) is 15.6. The van der Waals surface area contributed by atoms with Crippen molar-refractivity contribution in [3.8, 4) is 17.2 Å². The third-order valence-electron chi connectivity index (χ3n) is 5.71. The van der Waals surface area contributed by atoms with Crippen molar-refractivity contribution in [1.29, 1.82) is 0 Å². The number of ether oxygens (including phenoxy) is 3. The summed E-state index contributed by atoms with van der Waals surface area (Å²) in [6.45, 7) is 0.600. The number of methoxy groups -OCH3 is 2. The molecule has 6 nitrogen and oxygen atoms in total. The molecule has 0 aliphatic carbocycles. The van der Waals surface area contributed by atoms with Crippen LogP contribution in [0, 0.1) is 0 Å². The SMILES string of the molecule is COc1ccc(C2=CN3C(=O)c4cc(OC)c(OCCCCCBr)cc4N=CC3C2)cc1. The van der Waals surface area contributed by atoms with E-state index in [0.29, 0.717) is 35.8 Å². The molecule has 0 fully saturated rings. The van der Waals surface area contributed by atoms with Gasteiger partial charge >= 0.3 is 0 Å². The van der Waals surface area contributed by atoms with Crippen molar-refractivity contribution in [1.82, 2.24) is 4.90 Å². The van der Waals surface area contributed by atoms with Gasteiger partial charge in [0, 0.05) is 30.2 Å². The molecule has 0 saturated heterocycles. The van der Waals surface area contributed by atoms with Crippen molar-refractivity contribution in [3.05, 3.63) is 53.7 Å². The van der Waals surface area contributed by atoms with Crippen LogP contribution >= 0.6 is 15.9 Å². The Hall–Kier alpha value is -2.80. The molecular weight excluding hydrogens is 472 g/mol. The van der Waals surface area contributed by atoms with Crippen LogP contribution < -0.4 is 14.2 Å². The predicted octanol–water partition coefficient (Wildman–Crippen LogP) is 5.62. The summed E-state index contributed by atoms with van der Waals surface area (Å²) in [5.74, 6) is 1.88. The summed E-state index contributed by atoms with van der Waals surface area (Å²) in [6.07, 6.45) is 7.66. The molecular formula is C25H27BrN2O4. The quantitative estimate of drug-likeness (QED) is 0.332. The van der Waals surface area contributed by atoms with E-state index in [9.17, 15) is 4.79 Å². The highest BCUT2D eigenvalue weighted by Crippen LogP contribution is 2.39. The zero-order valence-electron chi connectivity index (χ0n) is 18.3. The lowest BCUT2D eigenvalue weighted by atomic mass is 10.0. The molecule has 32 heavy (non-hydrogen) atoms. The van der Waals surface area contributed by atoms with Gasteiger partial charge < -0.3 is 19.1 Å². The average molecular weight is 499 g/mol. The summed E-state index contributed by atoms with van der Waals surface area (Å²) in [7, 11) is 3.24. The van der Waals surface area contributed by atoms with Crippen LogP contribution in [0.25, 0.3) is 5.57 Å². The minimum atomic E-state index is -0.119. The highest BCUT2D eigenvalue weighted by molar-refractivity contribution is 9.09. The van der Waals surface area contributed by atoms with Crippen molar-refractivity contribution in [2.24, 2.45) is 4.99 Å². The van der Waals surface area contributed by atoms with Crippen LogP contribution in [0.5, 0.6) is 17.2 Å². The van der Waals surface area contributed by atoms with Gasteiger partial charge in [-0.1, -0.05) is 28.1 Å². The van der Waals surface area contributed by atoms with Gasteiger partial charge in [0.2, 0.25) is 0 Å². The maximum atomic E-state index is 13.4. The molecule has 7 heteroatoms. The molecule has 2 heterocycles. The molecule has 0 aromatic heterocycles. The van der Waals surface area contributed by atoms with Crippen LogP contribution in [0.1, 0.15) is 41.6 Å². The van der Waals surface area contributed by atoms with Gasteiger partial charge in [-0.3, -0.25) is 9.79 Å². The number of hydrogen-bond donors (Lipinski definition) is 0. The number of fused-ring (bicyclic) bond motifs is 2. The van der Waals surface area contributed by atoms with Gasteiger partial charge in [0.05, 0.1) is 38.1 Å². The first-order valence-corrected chi connectivity index (χ1v) is 11.9. The van der Waals surface area contributed by atoms with Gasteiger partial charge in [-0.2, -0.15) is 0 Å². The lowest BCUT2D eigenvalue weighted by Crippen LogP contribution is -2.32. The van der Waals surface area contributed by atoms with Gasteiger partial charge in [0.1, 0.15) is 5.75 Å². The zero-order chi connectivity index (χ0) is 22.5. The van der Waals surface area contributed by atoms with E-state index in [1.165, 1.54) is 0 Å². The number of alkyl halides is 1. The maximum absolute atomic E-state index is 13.4. The summed E-state index contributed by atoms with van der Waals surface area (Å²) in [5, 5.41) is 0.998. The Kier molecular flexibility index (Phi) is 7.15. The molecule has 2 aliphatic heterocycles. The molecule has 0 spiro atoms. The number of aliphatic imine (C=N–C) groups is 1. The zero-order valence-corrected chi connectivity index (χ0v) is 19.9. The van der Waals surface area contributed by atoms with Crippen molar-refractivity contribution in [2.45, 2.75) is 31.7 Å². The number of hydrogen-bond acceptors (Lipinski definition) is 5. The molecule has 1 unspecified atom stereocenters. The highest BCUT2D eigenvalue weighted by Gasteiger charge is 2.33. The lowest BCUT2D eigenvalue weighted by Gasteiger charge is -2.19. The van der Waals surface area contributed by atoms with Crippen molar-refractivity contribution < 1.29 is 19.0 Å². The van der Waals surface area contributed by atoms with Crippen molar-refractivity contribution in [2.75, 3.05) is 26.2 Å². The summed E-state index contributed by atoms with van der Waals surface area (Å²) in [6, 6.07) is 11.3. The molecule has 168 valence electrons. The second kappa shape index (κ2) is 10.2. The number of unbranched alkanes of at least 4 members (excludes halogenated alkanes) is 2. The fourth-order valence-electron chi connectivity index (χ4n) is 3.93. The van der Waals surface area contributed by atoms with E-state index < -0.39 is 0 Å². The second-order valence-electron chi connectivity index (χ2n) is 7.76. The Labute approximate surface area is 197 Å². The van der Waals surface area contributed by atoms with Crippen LogP contribution in [-0.4, -0.2) is 49.2 Å². The Balaban J connectivity index is 1.56. The van der Waals surface area contributed by atoms with Crippen LogP contribution in [0.15, 0.2) is 47.6 Å². The highest BCUT2D eigenvalue weighted by atomic mass is 79.9. The van der Waals surface area contributed by atoms with Crippen LogP contribution in [-0.2, 0) is 0 Å². The molecule has 0 N–H and O–H groups in total. The number of nitrogens with zero attached hydrogens (tertiary/aromatic N) is 2. The first-order valence-electron chi connectivity index (χ1n) is 10.8. The van der Waals surface area contributed by atoms with Gasteiger partial charge in [0.15, 0.2) is 11.5 Å². The van der Waals surface area contributed by atoms with E-state index >= 15 is 0 Å². The Morgan fingerprint density at radius 1 is 1.06 bits per heavy atom. The maximum Gasteiger partial charge on any atom is 0.260 e. The minimum Gasteiger partial charge on any atom is -0.497 e. The molecule has 1 atom stereocenters. The summed E-state index contributed by atoms with van der Waals surface area (Å²) < 4.78 is 16.7. The number of carbonyl (C=O) groups excluding carboxylic acids is 1. The molecule has 2 aromatic carbocycles. The topological polar surface area (TPSA) is 60.4 Å². The third-order valence-corrected chi connectivity index (χ3v) is 6.27. The molecule has 4 rings (SSSR count). The first kappa shape index (κ1) is 22.4. The van der Waals surface area contributed by atoms with Crippen molar-refractivity contribution >= 4 is 39.3 Å². The molecule has 0 radical (unpaired) electrons. The van der Waals surface area contributed by atoms with E-state index in [1.54, 1.807) is 25.2 Å². The van der Waals surface area contributed by atoms with Gasteiger partial charge in [-0.25, -0.2) is 0 Å². The average Bonchev–Trinajstić information content (AvgIpc) is 3.21. The van der Waals surface area contributed by atoms with E-state index in [1.807, 2.05) is 42.7 Å².